The number of nitrogens with one attached hydrogen (secondary N) is 1. The van der Waals surface area contributed by atoms with Crippen molar-refractivity contribution in [2.24, 2.45) is 0 Å². The summed E-state index contributed by atoms with van der Waals surface area (Å²) in [6, 6.07) is 9.72. The third kappa shape index (κ3) is 1.79. The molecule has 1 fully saturated rings. The second-order valence-corrected chi connectivity index (χ2v) is 4.69. The third-order valence-electron chi connectivity index (χ3n) is 3.59. The van der Waals surface area contributed by atoms with E-state index in [9.17, 15) is 4.79 Å². The van der Waals surface area contributed by atoms with Crippen molar-refractivity contribution in [2.45, 2.75) is 25.2 Å². The molecule has 1 saturated carbocycles. The summed E-state index contributed by atoms with van der Waals surface area (Å²) in [5, 5.41) is 15.6. The van der Waals surface area contributed by atoms with Crippen LogP contribution in [0.1, 0.15) is 41.2 Å². The van der Waals surface area contributed by atoms with Crippen molar-refractivity contribution in [1.82, 2.24) is 10.2 Å². The van der Waals surface area contributed by atoms with Crippen LogP contribution >= 0.6 is 0 Å². The molecule has 1 aromatic heterocycles. The van der Waals surface area contributed by atoms with Crippen molar-refractivity contribution in [3.63, 3.8) is 0 Å². The van der Waals surface area contributed by atoms with Gasteiger partial charge in [-0.05, 0) is 30.4 Å². The Morgan fingerprint density at radius 1 is 1.33 bits per heavy atom. The van der Waals surface area contributed by atoms with Gasteiger partial charge >= 0.3 is 5.97 Å². The lowest BCUT2D eigenvalue weighted by molar-refractivity contribution is 0.0690. The number of aromatic amines is 1. The zero-order chi connectivity index (χ0) is 12.5. The van der Waals surface area contributed by atoms with Crippen LogP contribution in [0.2, 0.25) is 0 Å². The second kappa shape index (κ2) is 4.29. The highest BCUT2D eigenvalue weighted by molar-refractivity contribution is 5.87. The van der Waals surface area contributed by atoms with Crippen LogP contribution in [0.15, 0.2) is 30.3 Å². The molecule has 3 rings (SSSR count). The van der Waals surface area contributed by atoms with Crippen LogP contribution in [0.3, 0.4) is 0 Å². The molecule has 0 aliphatic heterocycles. The molecule has 0 amide bonds. The van der Waals surface area contributed by atoms with Crippen LogP contribution in [0.5, 0.6) is 0 Å². The molecule has 0 atom stereocenters. The summed E-state index contributed by atoms with van der Waals surface area (Å²) in [6.45, 7) is 0. The molecule has 2 N–H and O–H groups in total. The maximum atomic E-state index is 10.9. The maximum Gasteiger partial charge on any atom is 0.353 e. The summed E-state index contributed by atoms with van der Waals surface area (Å²) in [5.74, 6) is -0.374. The van der Waals surface area contributed by atoms with Crippen LogP contribution < -0.4 is 0 Å². The topological polar surface area (TPSA) is 66.0 Å². The molecule has 18 heavy (non-hydrogen) atoms. The Hall–Kier alpha value is -2.10. The number of carboxylic acid groups (broad SMARTS) is 1. The average Bonchev–Trinajstić information content (AvgIpc) is 2.77. The maximum absolute atomic E-state index is 10.9. The number of rotatable bonds is 3. The smallest absolute Gasteiger partial charge is 0.353 e. The highest BCUT2D eigenvalue weighted by atomic mass is 16.4. The van der Waals surface area contributed by atoms with Crippen molar-refractivity contribution in [1.29, 1.82) is 0 Å². The molecule has 1 heterocycles. The summed E-state index contributed by atoms with van der Waals surface area (Å²) >= 11 is 0. The average molecular weight is 242 g/mol. The molecule has 92 valence electrons. The number of aromatic carboxylic acids is 1. The number of carbonyl (C=O) groups is 1. The number of benzene rings is 1. The van der Waals surface area contributed by atoms with E-state index >= 15 is 0 Å². The fourth-order valence-electron chi connectivity index (χ4n) is 2.37. The molecular weight excluding hydrogens is 228 g/mol. The molecular formula is C14H14N2O2. The number of H-pyrrole nitrogens is 1. The highest BCUT2D eigenvalue weighted by Crippen LogP contribution is 2.40. The van der Waals surface area contributed by atoms with Gasteiger partial charge in [-0.1, -0.05) is 30.7 Å². The minimum atomic E-state index is -0.977. The van der Waals surface area contributed by atoms with E-state index in [1.807, 2.05) is 18.2 Å². The number of aromatic nitrogens is 2. The Morgan fingerprint density at radius 3 is 2.72 bits per heavy atom. The van der Waals surface area contributed by atoms with E-state index in [-0.39, 0.29) is 5.69 Å². The van der Waals surface area contributed by atoms with Gasteiger partial charge in [-0.15, -0.1) is 0 Å². The Balaban J connectivity index is 2.02. The summed E-state index contributed by atoms with van der Waals surface area (Å²) in [5.41, 5.74) is 3.18. The Morgan fingerprint density at radius 2 is 2.11 bits per heavy atom. The summed E-state index contributed by atoms with van der Waals surface area (Å²) in [4.78, 5) is 10.9. The lowest BCUT2D eigenvalue weighted by Gasteiger charge is -2.27. The number of hydrogen-bond acceptors (Lipinski definition) is 2. The van der Waals surface area contributed by atoms with Crippen LogP contribution in [0.25, 0.3) is 11.3 Å². The number of nitrogens with zero attached hydrogens (tertiary/aromatic N) is 1. The molecule has 0 radical (unpaired) electrons. The van der Waals surface area contributed by atoms with Crippen molar-refractivity contribution < 1.29 is 9.90 Å². The number of carboxylic acids is 1. The minimum Gasteiger partial charge on any atom is -0.477 e. The zero-order valence-electron chi connectivity index (χ0n) is 9.89. The normalized spacial score (nSPS) is 15.3. The second-order valence-electron chi connectivity index (χ2n) is 4.69. The van der Waals surface area contributed by atoms with Gasteiger partial charge in [0.2, 0.25) is 0 Å². The van der Waals surface area contributed by atoms with E-state index < -0.39 is 5.97 Å². The molecule has 0 unspecified atom stereocenters. The standard InChI is InChI=1S/C14H14N2O2/c17-14(18)13-8-12(15-16-13)11-7-2-1-6-10(11)9-4-3-5-9/h1-2,6-9H,3-5H2,(H,15,16)(H,17,18). The van der Waals surface area contributed by atoms with E-state index in [0.29, 0.717) is 5.92 Å². The Bertz CT molecular complexity index is 585. The van der Waals surface area contributed by atoms with Crippen LogP contribution in [-0.4, -0.2) is 21.3 Å². The first-order valence-corrected chi connectivity index (χ1v) is 6.13. The van der Waals surface area contributed by atoms with E-state index in [1.54, 1.807) is 6.07 Å². The SMILES string of the molecule is O=C(O)c1cc(-c2ccccc2C2CCC2)n[nH]1. The van der Waals surface area contributed by atoms with Crippen molar-refractivity contribution >= 4 is 5.97 Å². The van der Waals surface area contributed by atoms with Crippen LogP contribution in [-0.2, 0) is 0 Å². The molecule has 4 nitrogen and oxygen atoms in total. The molecule has 1 aromatic carbocycles. The van der Waals surface area contributed by atoms with Crippen LogP contribution in [0.4, 0.5) is 0 Å². The predicted octanol–water partition coefficient (Wildman–Crippen LogP) is 3.04. The highest BCUT2D eigenvalue weighted by Gasteiger charge is 2.23. The van der Waals surface area contributed by atoms with Gasteiger partial charge in [0, 0.05) is 5.56 Å². The first-order chi connectivity index (χ1) is 8.75. The molecule has 1 aliphatic rings. The lowest BCUT2D eigenvalue weighted by atomic mass is 9.78. The molecule has 1 aliphatic carbocycles. The van der Waals surface area contributed by atoms with E-state index in [1.165, 1.54) is 24.8 Å². The van der Waals surface area contributed by atoms with Gasteiger partial charge in [-0.3, -0.25) is 5.10 Å². The fraction of sp³-hybridized carbons (Fsp3) is 0.286. The first-order valence-electron chi connectivity index (χ1n) is 6.13. The van der Waals surface area contributed by atoms with Gasteiger partial charge < -0.3 is 5.11 Å². The van der Waals surface area contributed by atoms with Gasteiger partial charge in [0.25, 0.3) is 0 Å². The van der Waals surface area contributed by atoms with E-state index in [2.05, 4.69) is 16.3 Å². The summed E-state index contributed by atoms with van der Waals surface area (Å²) in [7, 11) is 0. The van der Waals surface area contributed by atoms with E-state index in [4.69, 9.17) is 5.11 Å². The van der Waals surface area contributed by atoms with Gasteiger partial charge in [-0.2, -0.15) is 5.10 Å². The zero-order valence-corrected chi connectivity index (χ0v) is 9.89. The minimum absolute atomic E-state index is 0.133. The number of hydrogen-bond donors (Lipinski definition) is 2. The fourth-order valence-corrected chi connectivity index (χ4v) is 2.37. The van der Waals surface area contributed by atoms with Crippen molar-refractivity contribution in [2.75, 3.05) is 0 Å². The van der Waals surface area contributed by atoms with Gasteiger partial charge in [0.15, 0.2) is 0 Å². The molecule has 0 saturated heterocycles. The monoisotopic (exact) mass is 242 g/mol. The summed E-state index contributed by atoms with van der Waals surface area (Å²) in [6.07, 6.45) is 3.71. The lowest BCUT2D eigenvalue weighted by Crippen LogP contribution is -2.09. The molecule has 2 aromatic rings. The molecule has 0 bridgehead atoms. The predicted molar refractivity (Wildman–Crippen MR) is 67.6 cm³/mol. The quantitative estimate of drug-likeness (QED) is 0.869. The van der Waals surface area contributed by atoms with Crippen LogP contribution in [0, 0.1) is 0 Å². The van der Waals surface area contributed by atoms with Crippen molar-refractivity contribution in [3.8, 4) is 11.3 Å². The Kier molecular flexibility index (Phi) is 2.63. The largest absolute Gasteiger partial charge is 0.477 e. The Labute approximate surface area is 105 Å². The third-order valence-corrected chi connectivity index (χ3v) is 3.59. The first kappa shape index (κ1) is 11.0. The molecule has 4 heteroatoms. The van der Waals surface area contributed by atoms with E-state index in [0.717, 1.165) is 11.3 Å². The van der Waals surface area contributed by atoms with Gasteiger partial charge in [0.05, 0.1) is 5.69 Å². The van der Waals surface area contributed by atoms with Gasteiger partial charge in [-0.25, -0.2) is 4.79 Å². The van der Waals surface area contributed by atoms with Crippen molar-refractivity contribution in [3.05, 3.63) is 41.6 Å². The van der Waals surface area contributed by atoms with Gasteiger partial charge in [0.1, 0.15) is 5.69 Å². The molecule has 0 spiro atoms. The summed E-state index contributed by atoms with van der Waals surface area (Å²) < 4.78 is 0.